The first-order valence-electron chi connectivity index (χ1n) is 6.04. The summed E-state index contributed by atoms with van der Waals surface area (Å²) in [6, 6.07) is 6.20. The van der Waals surface area contributed by atoms with E-state index in [0.717, 1.165) is 17.1 Å². The summed E-state index contributed by atoms with van der Waals surface area (Å²) in [4.78, 5) is 10.9. The van der Waals surface area contributed by atoms with Crippen LogP contribution >= 0.6 is 0 Å². The molecule has 0 aliphatic heterocycles. The minimum atomic E-state index is -0.0781. The molecule has 0 radical (unpaired) electrons. The van der Waals surface area contributed by atoms with Gasteiger partial charge in [0.1, 0.15) is 5.82 Å². The summed E-state index contributed by atoms with van der Waals surface area (Å²) < 4.78 is 0. The van der Waals surface area contributed by atoms with Gasteiger partial charge < -0.3 is 15.7 Å². The van der Waals surface area contributed by atoms with Crippen molar-refractivity contribution in [2.75, 3.05) is 0 Å². The molecule has 0 spiro atoms. The molecular weight excluding hydrogens is 224 g/mol. The zero-order chi connectivity index (χ0) is 12.7. The van der Waals surface area contributed by atoms with Gasteiger partial charge in [-0.1, -0.05) is 18.2 Å². The Labute approximate surface area is 105 Å². The van der Waals surface area contributed by atoms with E-state index in [9.17, 15) is 0 Å². The number of imidazole rings is 1. The number of fused-ring (bicyclic) bond motifs is 1. The Kier molecular flexibility index (Phi) is 2.45. The average molecular weight is 240 g/mol. The topological polar surface area (TPSA) is 70.5 Å². The number of hydrogen-bond donors (Lipinski definition) is 3. The van der Waals surface area contributed by atoms with Crippen LogP contribution in [-0.4, -0.2) is 15.0 Å². The highest BCUT2D eigenvalue weighted by atomic mass is 15.0. The standard InChI is InChI=1S/C14H16N4/c1-8-4-3-5-10-11(6-16-13(8)10)12-7-17-14(18-12)9(2)15/h3-7,9,16H,15H2,1-2H3,(H,17,18)/t9-/m0/s1. The molecule has 4 nitrogen and oxygen atoms in total. The Balaban J connectivity index is 2.16. The van der Waals surface area contributed by atoms with Crippen molar-refractivity contribution < 1.29 is 0 Å². The van der Waals surface area contributed by atoms with E-state index in [0.29, 0.717) is 0 Å². The van der Waals surface area contributed by atoms with Crippen LogP contribution in [0.3, 0.4) is 0 Å². The number of aromatic nitrogens is 3. The van der Waals surface area contributed by atoms with Crippen molar-refractivity contribution >= 4 is 10.9 Å². The van der Waals surface area contributed by atoms with Gasteiger partial charge in [0, 0.05) is 22.7 Å². The van der Waals surface area contributed by atoms with Crippen LogP contribution in [0.25, 0.3) is 22.2 Å². The molecule has 1 aromatic carbocycles. The van der Waals surface area contributed by atoms with Gasteiger partial charge in [-0.25, -0.2) is 4.98 Å². The van der Waals surface area contributed by atoms with Crippen molar-refractivity contribution in [1.82, 2.24) is 15.0 Å². The summed E-state index contributed by atoms with van der Waals surface area (Å²) in [5, 5.41) is 1.20. The van der Waals surface area contributed by atoms with Crippen LogP contribution in [0.4, 0.5) is 0 Å². The first kappa shape index (κ1) is 11.0. The van der Waals surface area contributed by atoms with E-state index in [1.165, 1.54) is 16.5 Å². The Morgan fingerprint density at radius 1 is 1.33 bits per heavy atom. The molecule has 3 aromatic rings. The number of hydrogen-bond acceptors (Lipinski definition) is 2. The maximum atomic E-state index is 5.82. The minimum Gasteiger partial charge on any atom is -0.360 e. The summed E-state index contributed by atoms with van der Waals surface area (Å²) in [6.07, 6.45) is 3.85. The van der Waals surface area contributed by atoms with E-state index in [2.05, 4.69) is 40.1 Å². The quantitative estimate of drug-likeness (QED) is 0.644. The Bertz CT molecular complexity index is 691. The number of nitrogens with one attached hydrogen (secondary N) is 2. The third-order valence-electron chi connectivity index (χ3n) is 3.24. The molecule has 4 heteroatoms. The fourth-order valence-electron chi connectivity index (χ4n) is 2.23. The highest BCUT2D eigenvalue weighted by molar-refractivity contribution is 5.96. The third-order valence-corrected chi connectivity index (χ3v) is 3.24. The number of para-hydroxylation sites is 1. The monoisotopic (exact) mass is 240 g/mol. The number of aromatic amines is 2. The molecule has 3 rings (SSSR count). The predicted molar refractivity (Wildman–Crippen MR) is 73.2 cm³/mol. The van der Waals surface area contributed by atoms with Gasteiger partial charge in [0.05, 0.1) is 17.9 Å². The average Bonchev–Trinajstić information content (AvgIpc) is 2.94. The molecule has 0 aliphatic carbocycles. The van der Waals surface area contributed by atoms with Gasteiger partial charge in [0.15, 0.2) is 0 Å². The molecule has 4 N–H and O–H groups in total. The molecule has 0 saturated heterocycles. The first-order valence-corrected chi connectivity index (χ1v) is 6.04. The smallest absolute Gasteiger partial charge is 0.123 e. The second kappa shape index (κ2) is 3.99. The van der Waals surface area contributed by atoms with E-state index in [1.54, 1.807) is 0 Å². The second-order valence-electron chi connectivity index (χ2n) is 4.67. The summed E-state index contributed by atoms with van der Waals surface area (Å²) in [5.74, 6) is 0.812. The van der Waals surface area contributed by atoms with Crippen molar-refractivity contribution in [3.8, 4) is 11.3 Å². The maximum absolute atomic E-state index is 5.82. The van der Waals surface area contributed by atoms with Crippen LogP contribution in [0.2, 0.25) is 0 Å². The summed E-state index contributed by atoms with van der Waals surface area (Å²) in [5.41, 5.74) is 10.4. The van der Waals surface area contributed by atoms with Crippen LogP contribution in [0.1, 0.15) is 24.4 Å². The van der Waals surface area contributed by atoms with Crippen LogP contribution in [0, 0.1) is 6.92 Å². The Morgan fingerprint density at radius 3 is 2.89 bits per heavy atom. The lowest BCUT2D eigenvalue weighted by Gasteiger charge is -1.99. The number of rotatable bonds is 2. The molecule has 0 fully saturated rings. The SMILES string of the molecule is Cc1cccc2c(-c3cnc([C@H](C)N)[nH]3)c[nH]c12. The van der Waals surface area contributed by atoms with Crippen molar-refractivity contribution in [3.63, 3.8) is 0 Å². The van der Waals surface area contributed by atoms with Crippen molar-refractivity contribution in [2.24, 2.45) is 5.73 Å². The number of aryl methyl sites for hydroxylation is 1. The molecule has 0 bridgehead atoms. The Morgan fingerprint density at radius 2 is 2.17 bits per heavy atom. The molecular formula is C14H16N4. The van der Waals surface area contributed by atoms with E-state index >= 15 is 0 Å². The lowest BCUT2D eigenvalue weighted by molar-refractivity contribution is 0.756. The minimum absolute atomic E-state index is 0.0781. The van der Waals surface area contributed by atoms with E-state index in [1.807, 2.05) is 19.3 Å². The zero-order valence-corrected chi connectivity index (χ0v) is 10.5. The predicted octanol–water partition coefficient (Wildman–Crippen LogP) is 2.89. The molecule has 0 amide bonds. The number of H-pyrrole nitrogens is 2. The van der Waals surface area contributed by atoms with Gasteiger partial charge >= 0.3 is 0 Å². The van der Waals surface area contributed by atoms with Gasteiger partial charge in [-0.05, 0) is 19.4 Å². The molecule has 2 aromatic heterocycles. The highest BCUT2D eigenvalue weighted by Crippen LogP contribution is 2.29. The fourth-order valence-corrected chi connectivity index (χ4v) is 2.23. The maximum Gasteiger partial charge on any atom is 0.123 e. The first-order chi connectivity index (χ1) is 8.66. The van der Waals surface area contributed by atoms with Gasteiger partial charge in [-0.15, -0.1) is 0 Å². The van der Waals surface area contributed by atoms with Crippen LogP contribution in [0.5, 0.6) is 0 Å². The van der Waals surface area contributed by atoms with Crippen molar-refractivity contribution in [2.45, 2.75) is 19.9 Å². The lowest BCUT2D eigenvalue weighted by Crippen LogP contribution is -2.06. The van der Waals surface area contributed by atoms with E-state index in [4.69, 9.17) is 5.73 Å². The largest absolute Gasteiger partial charge is 0.360 e. The van der Waals surface area contributed by atoms with E-state index < -0.39 is 0 Å². The summed E-state index contributed by atoms with van der Waals surface area (Å²) in [6.45, 7) is 4.02. The van der Waals surface area contributed by atoms with Gasteiger partial charge in [-0.3, -0.25) is 0 Å². The molecule has 2 heterocycles. The Hall–Kier alpha value is -2.07. The number of benzene rings is 1. The van der Waals surface area contributed by atoms with Crippen LogP contribution in [-0.2, 0) is 0 Å². The summed E-state index contributed by atoms with van der Waals surface area (Å²) in [7, 11) is 0. The molecule has 18 heavy (non-hydrogen) atoms. The van der Waals surface area contributed by atoms with Crippen LogP contribution in [0.15, 0.2) is 30.6 Å². The summed E-state index contributed by atoms with van der Waals surface area (Å²) >= 11 is 0. The highest BCUT2D eigenvalue weighted by Gasteiger charge is 2.11. The van der Waals surface area contributed by atoms with Crippen molar-refractivity contribution in [3.05, 3.63) is 42.0 Å². The van der Waals surface area contributed by atoms with Crippen molar-refractivity contribution in [1.29, 1.82) is 0 Å². The van der Waals surface area contributed by atoms with Gasteiger partial charge in [0.2, 0.25) is 0 Å². The van der Waals surface area contributed by atoms with Crippen LogP contribution < -0.4 is 5.73 Å². The number of nitrogens with zero attached hydrogens (tertiary/aromatic N) is 1. The molecule has 1 atom stereocenters. The lowest BCUT2D eigenvalue weighted by atomic mass is 10.1. The third kappa shape index (κ3) is 1.62. The normalized spacial score (nSPS) is 13.1. The molecule has 0 unspecified atom stereocenters. The molecule has 0 aliphatic rings. The fraction of sp³-hybridized carbons (Fsp3) is 0.214. The zero-order valence-electron chi connectivity index (χ0n) is 10.5. The van der Waals surface area contributed by atoms with Gasteiger partial charge in [0.25, 0.3) is 0 Å². The van der Waals surface area contributed by atoms with Gasteiger partial charge in [-0.2, -0.15) is 0 Å². The number of nitrogens with two attached hydrogens (primary N) is 1. The second-order valence-corrected chi connectivity index (χ2v) is 4.67. The molecule has 92 valence electrons. The van der Waals surface area contributed by atoms with E-state index in [-0.39, 0.29) is 6.04 Å². The molecule has 0 saturated carbocycles.